The largest absolute Gasteiger partial charge is 0.464 e. The van der Waals surface area contributed by atoms with Crippen molar-refractivity contribution in [1.29, 1.82) is 0 Å². The Morgan fingerprint density at radius 1 is 1.25 bits per heavy atom. The fraction of sp³-hybridized carbons (Fsp3) is 0.125. The van der Waals surface area contributed by atoms with Gasteiger partial charge in [0.25, 0.3) is 5.91 Å². The number of amides is 1. The Morgan fingerprint density at radius 2 is 2.04 bits per heavy atom. The van der Waals surface area contributed by atoms with Gasteiger partial charge in [-0.05, 0) is 12.1 Å². The van der Waals surface area contributed by atoms with Crippen LogP contribution in [0.1, 0.15) is 25.9 Å². The molecule has 7 nitrogen and oxygen atoms in total. The number of methoxy groups -OCH3 is 1. The number of nitrogens with one attached hydrogen (secondary N) is 1. The van der Waals surface area contributed by atoms with Crippen LogP contribution in [0.25, 0.3) is 11.6 Å². The molecule has 1 N–H and O–H groups in total. The van der Waals surface area contributed by atoms with E-state index in [4.69, 9.17) is 4.42 Å². The Balaban J connectivity index is 1.64. The van der Waals surface area contributed by atoms with Crippen LogP contribution in [0.2, 0.25) is 0 Å². The van der Waals surface area contributed by atoms with Gasteiger partial charge < -0.3 is 14.5 Å². The number of thiazole rings is 1. The number of ether oxygens (including phenoxy) is 1. The van der Waals surface area contributed by atoms with Crippen LogP contribution in [0.5, 0.6) is 0 Å². The minimum atomic E-state index is -0.574. The number of carbonyl (C=O) groups excluding carboxylic acids is 2. The molecule has 0 saturated heterocycles. The zero-order chi connectivity index (χ0) is 16.9. The smallest absolute Gasteiger partial charge is 0.360 e. The molecule has 0 bridgehead atoms. The maximum atomic E-state index is 12.0. The number of rotatable bonds is 5. The van der Waals surface area contributed by atoms with Crippen molar-refractivity contribution in [3.05, 3.63) is 58.2 Å². The van der Waals surface area contributed by atoms with E-state index in [0.29, 0.717) is 22.8 Å². The van der Waals surface area contributed by atoms with Crippen LogP contribution in [-0.2, 0) is 11.3 Å². The van der Waals surface area contributed by atoms with Crippen LogP contribution in [0.15, 0.2) is 46.4 Å². The average molecular weight is 343 g/mol. The van der Waals surface area contributed by atoms with E-state index in [1.165, 1.54) is 24.7 Å². The number of nitrogens with zero attached hydrogens (tertiary/aromatic N) is 2. The summed E-state index contributed by atoms with van der Waals surface area (Å²) in [6, 6.07) is 8.94. The molecule has 0 saturated carbocycles. The molecule has 1 aromatic carbocycles. The maximum Gasteiger partial charge on any atom is 0.360 e. The fourth-order valence-electron chi connectivity index (χ4n) is 1.93. The van der Waals surface area contributed by atoms with Crippen LogP contribution in [0.3, 0.4) is 0 Å². The molecule has 0 radical (unpaired) electrons. The normalized spacial score (nSPS) is 10.4. The lowest BCUT2D eigenvalue weighted by Crippen LogP contribution is -2.22. The van der Waals surface area contributed by atoms with E-state index in [0.717, 1.165) is 0 Å². The summed E-state index contributed by atoms with van der Waals surface area (Å²) in [5.41, 5.74) is 1.17. The number of carbonyl (C=O) groups is 2. The minimum absolute atomic E-state index is 0.0828. The second-order valence-corrected chi connectivity index (χ2v) is 5.65. The van der Waals surface area contributed by atoms with E-state index in [2.05, 4.69) is 20.0 Å². The Hall–Kier alpha value is -3.00. The van der Waals surface area contributed by atoms with E-state index >= 15 is 0 Å². The summed E-state index contributed by atoms with van der Waals surface area (Å²) in [5, 5.41) is 5.24. The zero-order valence-electron chi connectivity index (χ0n) is 12.7. The predicted molar refractivity (Wildman–Crippen MR) is 86.6 cm³/mol. The van der Waals surface area contributed by atoms with Crippen molar-refractivity contribution in [1.82, 2.24) is 15.3 Å². The quantitative estimate of drug-likeness (QED) is 0.715. The number of esters is 1. The van der Waals surface area contributed by atoms with Gasteiger partial charge in [0.2, 0.25) is 5.89 Å². The third-order valence-electron chi connectivity index (χ3n) is 3.11. The van der Waals surface area contributed by atoms with Crippen molar-refractivity contribution < 1.29 is 18.7 Å². The summed E-state index contributed by atoms with van der Waals surface area (Å²) in [6.45, 7) is 0.295. The van der Waals surface area contributed by atoms with Crippen molar-refractivity contribution in [3.63, 3.8) is 0 Å². The van der Waals surface area contributed by atoms with E-state index in [1.807, 2.05) is 6.07 Å². The highest BCUT2D eigenvalue weighted by Crippen LogP contribution is 2.21. The lowest BCUT2D eigenvalue weighted by molar-refractivity contribution is 0.0594. The Bertz CT molecular complexity index is 857. The van der Waals surface area contributed by atoms with Crippen molar-refractivity contribution in [2.45, 2.75) is 6.54 Å². The zero-order valence-corrected chi connectivity index (χ0v) is 13.5. The van der Waals surface area contributed by atoms with Gasteiger partial charge in [-0.2, -0.15) is 0 Å². The van der Waals surface area contributed by atoms with E-state index in [-0.39, 0.29) is 17.5 Å². The lowest BCUT2D eigenvalue weighted by Gasteiger charge is -2.02. The van der Waals surface area contributed by atoms with Gasteiger partial charge in [-0.15, -0.1) is 11.3 Å². The molecule has 0 aliphatic carbocycles. The summed E-state index contributed by atoms with van der Waals surface area (Å²) < 4.78 is 9.80. The van der Waals surface area contributed by atoms with E-state index in [9.17, 15) is 9.59 Å². The van der Waals surface area contributed by atoms with Gasteiger partial charge in [-0.1, -0.05) is 18.2 Å². The third-order valence-corrected chi connectivity index (χ3v) is 3.95. The van der Waals surface area contributed by atoms with Crippen LogP contribution in [0, 0.1) is 0 Å². The molecule has 2 heterocycles. The van der Waals surface area contributed by atoms with Crippen molar-refractivity contribution in [2.24, 2.45) is 0 Å². The van der Waals surface area contributed by atoms with Crippen LogP contribution in [0.4, 0.5) is 0 Å². The first-order valence-electron chi connectivity index (χ1n) is 6.99. The molecule has 3 aromatic rings. The first kappa shape index (κ1) is 15.9. The van der Waals surface area contributed by atoms with Gasteiger partial charge in [0.15, 0.2) is 5.69 Å². The van der Waals surface area contributed by atoms with E-state index < -0.39 is 5.97 Å². The Morgan fingerprint density at radius 3 is 2.79 bits per heavy atom. The number of benzene rings is 1. The van der Waals surface area contributed by atoms with Gasteiger partial charge in [-0.25, -0.2) is 14.8 Å². The van der Waals surface area contributed by atoms with Crippen LogP contribution in [-0.4, -0.2) is 29.0 Å². The highest BCUT2D eigenvalue weighted by Gasteiger charge is 2.16. The molecule has 0 fully saturated rings. The highest BCUT2D eigenvalue weighted by atomic mass is 32.1. The van der Waals surface area contributed by atoms with Crippen molar-refractivity contribution >= 4 is 23.2 Å². The molecule has 24 heavy (non-hydrogen) atoms. The van der Waals surface area contributed by atoms with Gasteiger partial charge in [0, 0.05) is 10.9 Å². The molecule has 0 aliphatic rings. The molecular formula is C16H13N3O4S. The molecule has 2 aromatic heterocycles. The Kier molecular flexibility index (Phi) is 4.66. The molecule has 0 spiro atoms. The van der Waals surface area contributed by atoms with E-state index in [1.54, 1.807) is 29.6 Å². The third kappa shape index (κ3) is 3.49. The highest BCUT2D eigenvalue weighted by molar-refractivity contribution is 7.09. The van der Waals surface area contributed by atoms with Crippen LogP contribution < -0.4 is 5.32 Å². The summed E-state index contributed by atoms with van der Waals surface area (Å²) in [5.74, 6) is -0.515. The summed E-state index contributed by atoms with van der Waals surface area (Å²) in [7, 11) is 1.27. The maximum absolute atomic E-state index is 12.0. The SMILES string of the molecule is COC(=O)c1coc(-c2csc(CNC(=O)c3ccccc3)n2)n1. The molecule has 1 amide bonds. The van der Waals surface area contributed by atoms with Crippen LogP contribution >= 0.6 is 11.3 Å². The lowest BCUT2D eigenvalue weighted by atomic mass is 10.2. The molecule has 122 valence electrons. The summed E-state index contributed by atoms with van der Waals surface area (Å²) in [6.07, 6.45) is 1.22. The first-order valence-corrected chi connectivity index (χ1v) is 7.87. The monoisotopic (exact) mass is 343 g/mol. The molecule has 0 atom stereocenters. The average Bonchev–Trinajstić information content (AvgIpc) is 3.29. The predicted octanol–water partition coefficient (Wildman–Crippen LogP) is 2.51. The molecule has 3 rings (SSSR count). The second-order valence-electron chi connectivity index (χ2n) is 4.70. The van der Waals surface area contributed by atoms with Gasteiger partial charge in [0.05, 0.1) is 13.7 Å². The molecular weight excluding hydrogens is 330 g/mol. The molecule has 0 unspecified atom stereocenters. The number of oxazole rings is 1. The van der Waals surface area contributed by atoms with Crippen molar-refractivity contribution in [3.8, 4) is 11.6 Å². The van der Waals surface area contributed by atoms with Gasteiger partial charge >= 0.3 is 5.97 Å². The summed E-state index contributed by atoms with van der Waals surface area (Å²) in [4.78, 5) is 31.7. The Labute approximate surface area is 141 Å². The topological polar surface area (TPSA) is 94.3 Å². The number of aromatic nitrogens is 2. The molecule has 0 aliphatic heterocycles. The fourth-order valence-corrected chi connectivity index (χ4v) is 2.64. The summed E-state index contributed by atoms with van der Waals surface area (Å²) >= 11 is 1.36. The van der Waals surface area contributed by atoms with Gasteiger partial charge in [-0.3, -0.25) is 4.79 Å². The first-order chi connectivity index (χ1) is 11.7. The number of hydrogen-bond acceptors (Lipinski definition) is 7. The second kappa shape index (κ2) is 7.05. The minimum Gasteiger partial charge on any atom is -0.464 e. The standard InChI is InChI=1S/C16H13N3O4S/c1-22-16(21)11-8-23-15(19-11)12-9-24-13(18-12)7-17-14(20)10-5-3-2-4-6-10/h2-6,8-9H,7H2,1H3,(H,17,20). The molecule has 8 heteroatoms. The van der Waals surface area contributed by atoms with Crippen molar-refractivity contribution in [2.75, 3.05) is 7.11 Å². The van der Waals surface area contributed by atoms with Gasteiger partial charge in [0.1, 0.15) is 17.0 Å². The number of hydrogen-bond donors (Lipinski definition) is 1.